The van der Waals surface area contributed by atoms with Gasteiger partial charge >= 0.3 is 0 Å². The molecule has 4 heterocycles. The molecule has 0 bridgehead atoms. The van der Waals surface area contributed by atoms with Crippen molar-refractivity contribution in [3.63, 3.8) is 0 Å². The summed E-state index contributed by atoms with van der Waals surface area (Å²) < 4.78 is 7.21. The van der Waals surface area contributed by atoms with Gasteiger partial charge in [0, 0.05) is 32.4 Å². The lowest BCUT2D eigenvalue weighted by Crippen LogP contribution is -2.47. The van der Waals surface area contributed by atoms with Crippen molar-refractivity contribution in [3.8, 4) is 17.1 Å². The van der Waals surface area contributed by atoms with Crippen LogP contribution in [0.15, 0.2) is 36.5 Å². The molecule has 1 aromatic carbocycles. The predicted octanol–water partition coefficient (Wildman–Crippen LogP) is 1.93. The average molecular weight is 417 g/mol. The molecule has 1 saturated heterocycles. The van der Waals surface area contributed by atoms with E-state index in [1.165, 1.54) is 0 Å². The minimum absolute atomic E-state index is 0.487. The first-order chi connectivity index (χ1) is 15.1. The number of nitrogens with zero attached hydrogens (tertiary/aromatic N) is 9. The number of hydrogen-bond donors (Lipinski definition) is 0. The molecular weight excluding hydrogens is 394 g/mol. The van der Waals surface area contributed by atoms with Gasteiger partial charge in [0.25, 0.3) is 5.78 Å². The third kappa shape index (κ3) is 3.49. The first kappa shape index (κ1) is 19.2. The first-order valence-corrected chi connectivity index (χ1v) is 10.2. The standard InChI is InChI=1S/C21H23N9O/c1-14-19(25-26-21-23-15(2)27-30(14)21)16-8-9-22-20(24-16)29-12-10-28(11-13-29)17-6-4-5-7-18(17)31-3/h4-9H,10-13H2,1-3H3. The molecule has 0 saturated carbocycles. The average Bonchev–Trinajstić information content (AvgIpc) is 3.21. The van der Waals surface area contributed by atoms with Crippen LogP contribution in [0.3, 0.4) is 0 Å². The second-order valence-corrected chi connectivity index (χ2v) is 7.39. The SMILES string of the molecule is COc1ccccc1N1CCN(c2nccc(-c3nnc4nc(C)nn4c3C)n2)CC1. The summed E-state index contributed by atoms with van der Waals surface area (Å²) in [5.41, 5.74) is 3.35. The van der Waals surface area contributed by atoms with Gasteiger partial charge in [0.15, 0.2) is 0 Å². The molecule has 1 fully saturated rings. The van der Waals surface area contributed by atoms with Gasteiger partial charge in [0.1, 0.15) is 17.3 Å². The molecule has 31 heavy (non-hydrogen) atoms. The van der Waals surface area contributed by atoms with E-state index in [1.54, 1.807) is 17.8 Å². The van der Waals surface area contributed by atoms with E-state index in [0.717, 1.165) is 49.0 Å². The molecule has 0 aliphatic carbocycles. The van der Waals surface area contributed by atoms with Gasteiger partial charge in [-0.15, -0.1) is 15.3 Å². The van der Waals surface area contributed by atoms with Crippen LogP contribution in [-0.2, 0) is 0 Å². The Balaban J connectivity index is 1.37. The molecule has 4 aromatic rings. The van der Waals surface area contributed by atoms with Crippen LogP contribution in [0.1, 0.15) is 11.5 Å². The van der Waals surface area contributed by atoms with Crippen LogP contribution >= 0.6 is 0 Å². The molecular formula is C21H23N9O. The van der Waals surface area contributed by atoms with Crippen molar-refractivity contribution in [1.29, 1.82) is 0 Å². The zero-order valence-electron chi connectivity index (χ0n) is 17.7. The number of fused-ring (bicyclic) bond motifs is 1. The Labute approximate surface area is 179 Å². The molecule has 0 amide bonds. The van der Waals surface area contributed by atoms with Gasteiger partial charge in [-0.25, -0.2) is 9.97 Å². The molecule has 0 spiro atoms. The van der Waals surface area contributed by atoms with Crippen LogP contribution < -0.4 is 14.5 Å². The van der Waals surface area contributed by atoms with Gasteiger partial charge in [-0.2, -0.15) is 9.50 Å². The number of aromatic nitrogens is 7. The second-order valence-electron chi connectivity index (χ2n) is 7.39. The summed E-state index contributed by atoms with van der Waals surface area (Å²) in [5, 5.41) is 12.9. The fourth-order valence-corrected chi connectivity index (χ4v) is 3.87. The topological polar surface area (TPSA) is 97.5 Å². The Bertz CT molecular complexity index is 1230. The summed E-state index contributed by atoms with van der Waals surface area (Å²) >= 11 is 0. The lowest BCUT2D eigenvalue weighted by atomic mass is 10.2. The predicted molar refractivity (Wildman–Crippen MR) is 116 cm³/mol. The minimum atomic E-state index is 0.487. The number of piperazine rings is 1. The molecule has 0 atom stereocenters. The highest BCUT2D eigenvalue weighted by Gasteiger charge is 2.22. The maximum absolute atomic E-state index is 5.51. The Morgan fingerprint density at radius 1 is 0.903 bits per heavy atom. The molecule has 1 aliphatic heterocycles. The van der Waals surface area contributed by atoms with Crippen LogP contribution in [0.2, 0.25) is 0 Å². The molecule has 10 nitrogen and oxygen atoms in total. The molecule has 158 valence electrons. The third-order valence-corrected chi connectivity index (χ3v) is 5.47. The quantitative estimate of drug-likeness (QED) is 0.493. The van der Waals surface area contributed by atoms with Gasteiger partial charge in [-0.05, 0) is 32.0 Å². The number of anilines is 2. The van der Waals surface area contributed by atoms with Crippen molar-refractivity contribution < 1.29 is 4.74 Å². The minimum Gasteiger partial charge on any atom is -0.495 e. The number of ether oxygens (including phenoxy) is 1. The summed E-state index contributed by atoms with van der Waals surface area (Å²) in [6.07, 6.45) is 1.77. The molecule has 10 heteroatoms. The fraction of sp³-hybridized carbons (Fsp3) is 0.333. The van der Waals surface area contributed by atoms with Crippen LogP contribution in [-0.4, -0.2) is 68.1 Å². The van der Waals surface area contributed by atoms with Crippen molar-refractivity contribution in [2.45, 2.75) is 13.8 Å². The number of methoxy groups -OCH3 is 1. The van der Waals surface area contributed by atoms with Crippen molar-refractivity contribution >= 4 is 17.4 Å². The van der Waals surface area contributed by atoms with E-state index in [9.17, 15) is 0 Å². The van der Waals surface area contributed by atoms with Crippen molar-refractivity contribution in [1.82, 2.24) is 34.8 Å². The highest BCUT2D eigenvalue weighted by atomic mass is 16.5. The van der Waals surface area contributed by atoms with E-state index in [1.807, 2.05) is 38.1 Å². The lowest BCUT2D eigenvalue weighted by molar-refractivity contribution is 0.413. The van der Waals surface area contributed by atoms with Crippen molar-refractivity contribution in [2.75, 3.05) is 43.1 Å². The zero-order valence-corrected chi connectivity index (χ0v) is 17.7. The number of benzene rings is 1. The normalized spacial score (nSPS) is 14.3. The molecule has 0 radical (unpaired) electrons. The largest absolute Gasteiger partial charge is 0.495 e. The number of rotatable bonds is 4. The Kier molecular flexibility index (Phi) is 4.81. The zero-order chi connectivity index (χ0) is 21.4. The van der Waals surface area contributed by atoms with Gasteiger partial charge in [0.2, 0.25) is 5.95 Å². The van der Waals surface area contributed by atoms with Crippen LogP contribution in [0.5, 0.6) is 5.75 Å². The maximum atomic E-state index is 5.51. The highest BCUT2D eigenvalue weighted by molar-refractivity contribution is 5.61. The Morgan fingerprint density at radius 3 is 2.48 bits per heavy atom. The highest BCUT2D eigenvalue weighted by Crippen LogP contribution is 2.29. The fourth-order valence-electron chi connectivity index (χ4n) is 3.87. The monoisotopic (exact) mass is 417 g/mol. The van der Waals surface area contributed by atoms with E-state index in [-0.39, 0.29) is 0 Å². The summed E-state index contributed by atoms with van der Waals surface area (Å²) in [7, 11) is 1.71. The molecule has 3 aromatic heterocycles. The third-order valence-electron chi connectivity index (χ3n) is 5.47. The van der Waals surface area contributed by atoms with E-state index in [0.29, 0.717) is 23.2 Å². The summed E-state index contributed by atoms with van der Waals surface area (Å²) in [6.45, 7) is 7.12. The number of aryl methyl sites for hydroxylation is 2. The van der Waals surface area contributed by atoms with Gasteiger partial charge in [-0.1, -0.05) is 12.1 Å². The van der Waals surface area contributed by atoms with E-state index in [4.69, 9.17) is 9.72 Å². The van der Waals surface area contributed by atoms with Crippen molar-refractivity contribution in [3.05, 3.63) is 48.0 Å². The van der Waals surface area contributed by atoms with Crippen LogP contribution in [0.25, 0.3) is 17.2 Å². The number of hydrogen-bond acceptors (Lipinski definition) is 9. The van der Waals surface area contributed by atoms with Gasteiger partial charge in [0.05, 0.1) is 24.2 Å². The molecule has 5 rings (SSSR count). The second kappa shape index (κ2) is 7.78. The Hall–Kier alpha value is -3.82. The van der Waals surface area contributed by atoms with Crippen LogP contribution in [0.4, 0.5) is 11.6 Å². The summed E-state index contributed by atoms with van der Waals surface area (Å²) in [6, 6.07) is 9.95. The Morgan fingerprint density at radius 2 is 1.68 bits per heavy atom. The maximum Gasteiger partial charge on any atom is 0.272 e. The first-order valence-electron chi connectivity index (χ1n) is 10.2. The van der Waals surface area contributed by atoms with Gasteiger partial charge in [-0.3, -0.25) is 0 Å². The molecule has 1 aliphatic rings. The van der Waals surface area contributed by atoms with E-state index >= 15 is 0 Å². The number of para-hydroxylation sites is 2. The lowest BCUT2D eigenvalue weighted by Gasteiger charge is -2.36. The van der Waals surface area contributed by atoms with Crippen LogP contribution in [0, 0.1) is 13.8 Å². The summed E-state index contributed by atoms with van der Waals surface area (Å²) in [5.74, 6) is 2.72. The van der Waals surface area contributed by atoms with E-state index < -0.39 is 0 Å². The smallest absolute Gasteiger partial charge is 0.272 e. The van der Waals surface area contributed by atoms with Crippen molar-refractivity contribution in [2.24, 2.45) is 0 Å². The van der Waals surface area contributed by atoms with E-state index in [2.05, 4.69) is 41.1 Å². The van der Waals surface area contributed by atoms with Gasteiger partial charge < -0.3 is 14.5 Å². The molecule has 0 unspecified atom stereocenters. The summed E-state index contributed by atoms with van der Waals surface area (Å²) in [4.78, 5) is 18.1. The molecule has 0 N–H and O–H groups in total.